The zero-order valence-electron chi connectivity index (χ0n) is 12.8. The molecule has 0 spiro atoms. The molecular formula is C16H22N2O3. The number of rotatable bonds is 4. The van der Waals surface area contributed by atoms with Crippen LogP contribution in [0, 0.1) is 13.8 Å². The van der Waals surface area contributed by atoms with Crippen molar-refractivity contribution in [3.8, 4) is 5.75 Å². The van der Waals surface area contributed by atoms with Crippen LogP contribution in [0.3, 0.4) is 0 Å². The summed E-state index contributed by atoms with van der Waals surface area (Å²) in [6.45, 7) is 7.15. The standard InChI is InChI=1S/C16H22N2O3/c1-11-4-5-12(2)14(10-11)21-9-6-15(19)18-8-7-17-16(20)13(18)3/h4-5,10,13H,6-9H2,1-3H3,(H,17,20). The number of carbonyl (C=O) groups is 2. The van der Waals surface area contributed by atoms with Gasteiger partial charge < -0.3 is 15.0 Å². The van der Waals surface area contributed by atoms with E-state index in [1.54, 1.807) is 11.8 Å². The molecule has 0 saturated carbocycles. The molecule has 1 heterocycles. The van der Waals surface area contributed by atoms with Crippen LogP contribution in [0.25, 0.3) is 0 Å². The molecule has 1 saturated heterocycles. The molecule has 5 heteroatoms. The number of hydrogen-bond acceptors (Lipinski definition) is 3. The summed E-state index contributed by atoms with van der Waals surface area (Å²) in [6, 6.07) is 5.61. The van der Waals surface area contributed by atoms with Gasteiger partial charge in [0.15, 0.2) is 0 Å². The van der Waals surface area contributed by atoms with Crippen molar-refractivity contribution in [3.05, 3.63) is 29.3 Å². The highest BCUT2D eigenvalue weighted by molar-refractivity contribution is 5.88. The van der Waals surface area contributed by atoms with E-state index < -0.39 is 6.04 Å². The largest absolute Gasteiger partial charge is 0.493 e. The van der Waals surface area contributed by atoms with Gasteiger partial charge in [-0.15, -0.1) is 0 Å². The third-order valence-electron chi connectivity index (χ3n) is 3.74. The van der Waals surface area contributed by atoms with Gasteiger partial charge in [-0.2, -0.15) is 0 Å². The lowest BCUT2D eigenvalue weighted by atomic mass is 10.1. The topological polar surface area (TPSA) is 58.6 Å². The van der Waals surface area contributed by atoms with E-state index in [4.69, 9.17) is 4.74 Å². The normalized spacial score (nSPS) is 18.3. The van der Waals surface area contributed by atoms with E-state index in [0.29, 0.717) is 19.7 Å². The first-order valence-electron chi connectivity index (χ1n) is 7.26. The van der Waals surface area contributed by atoms with Crippen LogP contribution in [-0.4, -0.2) is 42.5 Å². The van der Waals surface area contributed by atoms with Gasteiger partial charge >= 0.3 is 0 Å². The lowest BCUT2D eigenvalue weighted by Gasteiger charge is -2.32. The first kappa shape index (κ1) is 15.4. The molecule has 2 rings (SSSR count). The van der Waals surface area contributed by atoms with Crippen molar-refractivity contribution in [2.24, 2.45) is 0 Å². The first-order valence-corrected chi connectivity index (χ1v) is 7.26. The number of ether oxygens (including phenoxy) is 1. The van der Waals surface area contributed by atoms with Crippen molar-refractivity contribution in [2.75, 3.05) is 19.7 Å². The van der Waals surface area contributed by atoms with Crippen molar-refractivity contribution in [2.45, 2.75) is 33.2 Å². The second-order valence-electron chi connectivity index (χ2n) is 5.42. The lowest BCUT2D eigenvalue weighted by Crippen LogP contribution is -2.56. The van der Waals surface area contributed by atoms with Gasteiger partial charge in [-0.25, -0.2) is 0 Å². The van der Waals surface area contributed by atoms with Gasteiger partial charge in [0, 0.05) is 13.1 Å². The van der Waals surface area contributed by atoms with E-state index in [-0.39, 0.29) is 18.2 Å². The molecular weight excluding hydrogens is 268 g/mol. The average molecular weight is 290 g/mol. The molecule has 0 aliphatic carbocycles. The molecule has 5 nitrogen and oxygen atoms in total. The number of piperazine rings is 1. The molecule has 1 N–H and O–H groups in total. The van der Waals surface area contributed by atoms with Crippen LogP contribution in [0.2, 0.25) is 0 Å². The Morgan fingerprint density at radius 3 is 2.95 bits per heavy atom. The van der Waals surface area contributed by atoms with Crippen LogP contribution >= 0.6 is 0 Å². The summed E-state index contributed by atoms with van der Waals surface area (Å²) in [5.41, 5.74) is 2.18. The molecule has 114 valence electrons. The Bertz CT molecular complexity index is 542. The van der Waals surface area contributed by atoms with Crippen LogP contribution in [0.1, 0.15) is 24.5 Å². The van der Waals surface area contributed by atoms with Crippen LogP contribution in [0.5, 0.6) is 5.75 Å². The van der Waals surface area contributed by atoms with E-state index >= 15 is 0 Å². The molecule has 1 atom stereocenters. The molecule has 2 amide bonds. The smallest absolute Gasteiger partial charge is 0.242 e. The third-order valence-corrected chi connectivity index (χ3v) is 3.74. The van der Waals surface area contributed by atoms with Gasteiger partial charge in [-0.05, 0) is 38.0 Å². The average Bonchev–Trinajstić information content (AvgIpc) is 2.45. The third kappa shape index (κ3) is 3.74. The van der Waals surface area contributed by atoms with E-state index in [9.17, 15) is 9.59 Å². The second-order valence-corrected chi connectivity index (χ2v) is 5.42. The minimum atomic E-state index is -0.396. The van der Waals surface area contributed by atoms with Crippen molar-refractivity contribution in [1.29, 1.82) is 0 Å². The minimum absolute atomic E-state index is 0.0392. The molecule has 1 aliphatic rings. The Morgan fingerprint density at radius 2 is 2.19 bits per heavy atom. The van der Waals surface area contributed by atoms with Crippen molar-refractivity contribution < 1.29 is 14.3 Å². The summed E-state index contributed by atoms with van der Waals surface area (Å²) in [6.07, 6.45) is 0.283. The SMILES string of the molecule is Cc1ccc(C)c(OCCC(=O)N2CCNC(=O)C2C)c1. The number of carbonyl (C=O) groups excluding carboxylic acids is 2. The van der Waals surface area contributed by atoms with E-state index in [0.717, 1.165) is 16.9 Å². The molecule has 0 bridgehead atoms. The van der Waals surface area contributed by atoms with Gasteiger partial charge in [0.05, 0.1) is 13.0 Å². The lowest BCUT2D eigenvalue weighted by molar-refractivity contribution is -0.142. The molecule has 1 fully saturated rings. The predicted octanol–water partition coefficient (Wildman–Crippen LogP) is 1.42. The van der Waals surface area contributed by atoms with Gasteiger partial charge in [0.1, 0.15) is 11.8 Å². The highest BCUT2D eigenvalue weighted by Gasteiger charge is 2.28. The zero-order chi connectivity index (χ0) is 15.4. The maximum atomic E-state index is 12.2. The van der Waals surface area contributed by atoms with E-state index in [1.807, 2.05) is 32.0 Å². The van der Waals surface area contributed by atoms with Gasteiger partial charge in [-0.1, -0.05) is 12.1 Å². The fourth-order valence-electron chi connectivity index (χ4n) is 2.38. The summed E-state index contributed by atoms with van der Waals surface area (Å²) < 4.78 is 5.69. The second kappa shape index (κ2) is 6.61. The molecule has 0 radical (unpaired) electrons. The first-order chi connectivity index (χ1) is 9.99. The summed E-state index contributed by atoms with van der Waals surface area (Å²) >= 11 is 0. The maximum Gasteiger partial charge on any atom is 0.242 e. The number of nitrogens with one attached hydrogen (secondary N) is 1. The minimum Gasteiger partial charge on any atom is -0.493 e. The van der Waals surface area contributed by atoms with Crippen molar-refractivity contribution >= 4 is 11.8 Å². The Morgan fingerprint density at radius 1 is 1.43 bits per heavy atom. The number of nitrogens with zero attached hydrogens (tertiary/aromatic N) is 1. The van der Waals surface area contributed by atoms with E-state index in [1.165, 1.54) is 0 Å². The van der Waals surface area contributed by atoms with Gasteiger partial charge in [0.25, 0.3) is 0 Å². The summed E-state index contributed by atoms with van der Waals surface area (Å²) in [4.78, 5) is 25.3. The van der Waals surface area contributed by atoms with Gasteiger partial charge in [-0.3, -0.25) is 9.59 Å². The molecule has 1 unspecified atom stereocenters. The number of hydrogen-bond donors (Lipinski definition) is 1. The van der Waals surface area contributed by atoms with Crippen LogP contribution in [0.4, 0.5) is 0 Å². The Kier molecular flexibility index (Phi) is 4.83. The quantitative estimate of drug-likeness (QED) is 0.912. The highest BCUT2D eigenvalue weighted by atomic mass is 16.5. The summed E-state index contributed by atoms with van der Waals surface area (Å²) in [7, 11) is 0. The maximum absolute atomic E-state index is 12.2. The summed E-state index contributed by atoms with van der Waals surface area (Å²) in [5, 5.41) is 2.75. The number of aryl methyl sites for hydroxylation is 2. The van der Waals surface area contributed by atoms with Crippen molar-refractivity contribution in [1.82, 2.24) is 10.2 Å². The molecule has 21 heavy (non-hydrogen) atoms. The van der Waals surface area contributed by atoms with Crippen LogP contribution < -0.4 is 10.1 Å². The molecule has 1 aromatic carbocycles. The predicted molar refractivity (Wildman–Crippen MR) is 80.2 cm³/mol. The summed E-state index contributed by atoms with van der Waals surface area (Å²) in [5.74, 6) is 0.680. The fraction of sp³-hybridized carbons (Fsp3) is 0.500. The van der Waals surface area contributed by atoms with Crippen LogP contribution in [-0.2, 0) is 9.59 Å². The molecule has 1 aromatic rings. The monoisotopic (exact) mass is 290 g/mol. The van der Waals surface area contributed by atoms with E-state index in [2.05, 4.69) is 5.32 Å². The zero-order valence-corrected chi connectivity index (χ0v) is 12.8. The van der Waals surface area contributed by atoms with Gasteiger partial charge in [0.2, 0.25) is 11.8 Å². The fourth-order valence-corrected chi connectivity index (χ4v) is 2.38. The Balaban J connectivity index is 1.87. The molecule has 0 aromatic heterocycles. The molecule has 1 aliphatic heterocycles. The Hall–Kier alpha value is -2.04. The Labute approximate surface area is 125 Å². The van der Waals surface area contributed by atoms with Crippen molar-refractivity contribution in [3.63, 3.8) is 0 Å². The van der Waals surface area contributed by atoms with Crippen LogP contribution in [0.15, 0.2) is 18.2 Å². The number of amides is 2. The highest BCUT2D eigenvalue weighted by Crippen LogP contribution is 2.19. The number of benzene rings is 1.